The molecule has 2 aliphatic heterocycles. The van der Waals surface area contributed by atoms with E-state index in [9.17, 15) is 18.0 Å². The van der Waals surface area contributed by atoms with Gasteiger partial charge in [0.2, 0.25) is 0 Å². The van der Waals surface area contributed by atoms with E-state index in [1.165, 1.54) is 25.3 Å². The molecule has 0 aliphatic carbocycles. The second-order valence-electron chi connectivity index (χ2n) is 8.62. The van der Waals surface area contributed by atoms with Gasteiger partial charge >= 0.3 is 0 Å². The maximum atomic E-state index is 13.3. The van der Waals surface area contributed by atoms with E-state index in [1.54, 1.807) is 34.1 Å². The Morgan fingerprint density at radius 2 is 1.49 bits per heavy atom. The molecule has 2 fully saturated rings. The Morgan fingerprint density at radius 1 is 0.857 bits per heavy atom. The number of rotatable bonds is 6. The summed E-state index contributed by atoms with van der Waals surface area (Å²) in [6.45, 7) is 3.01. The quantitative estimate of drug-likeness (QED) is 0.653. The maximum absolute atomic E-state index is 13.3. The van der Waals surface area contributed by atoms with Gasteiger partial charge < -0.3 is 19.3 Å². The number of anilines is 1. The fourth-order valence-corrected chi connectivity index (χ4v) is 5.47. The molecule has 9 nitrogen and oxygen atoms in total. The molecular weight excluding hydrogens is 470 g/mol. The number of morpholine rings is 1. The van der Waals surface area contributed by atoms with Crippen molar-refractivity contribution in [1.82, 2.24) is 9.80 Å². The SMILES string of the molecule is COc1ccc(S(=O)(=O)Nc2ccccc2C(=O)N2CCCCCC2)cc1C(=O)N1CCOCC1. The number of para-hydroxylation sites is 1. The van der Waals surface area contributed by atoms with E-state index in [2.05, 4.69) is 4.72 Å². The van der Waals surface area contributed by atoms with Crippen LogP contribution in [0.1, 0.15) is 46.4 Å². The summed E-state index contributed by atoms with van der Waals surface area (Å²) < 4.78 is 39.9. The number of hydrogen-bond donors (Lipinski definition) is 1. The molecule has 0 atom stereocenters. The van der Waals surface area contributed by atoms with Crippen LogP contribution in [0.5, 0.6) is 5.75 Å². The van der Waals surface area contributed by atoms with E-state index in [1.807, 2.05) is 0 Å². The molecule has 2 amide bonds. The van der Waals surface area contributed by atoms with Crippen LogP contribution in [-0.2, 0) is 14.8 Å². The Labute approximate surface area is 206 Å². The van der Waals surface area contributed by atoms with Gasteiger partial charge in [-0.3, -0.25) is 14.3 Å². The second kappa shape index (κ2) is 11.1. The number of nitrogens with one attached hydrogen (secondary N) is 1. The van der Waals surface area contributed by atoms with Crippen molar-refractivity contribution in [2.45, 2.75) is 30.6 Å². The van der Waals surface area contributed by atoms with E-state index in [-0.39, 0.29) is 33.7 Å². The van der Waals surface area contributed by atoms with Gasteiger partial charge in [0.05, 0.1) is 42.0 Å². The third-order valence-corrected chi connectivity index (χ3v) is 7.67. The number of benzene rings is 2. The number of carbonyl (C=O) groups excluding carboxylic acids is 2. The summed E-state index contributed by atoms with van der Waals surface area (Å²) in [5, 5.41) is 0. The van der Waals surface area contributed by atoms with Crippen LogP contribution in [0.15, 0.2) is 47.4 Å². The van der Waals surface area contributed by atoms with Crippen molar-refractivity contribution in [3.8, 4) is 5.75 Å². The van der Waals surface area contributed by atoms with Crippen LogP contribution in [0.2, 0.25) is 0 Å². The summed E-state index contributed by atoms with van der Waals surface area (Å²) in [7, 11) is -2.66. The molecule has 35 heavy (non-hydrogen) atoms. The number of carbonyl (C=O) groups is 2. The monoisotopic (exact) mass is 501 g/mol. The molecule has 4 rings (SSSR count). The molecule has 0 spiro atoms. The summed E-state index contributed by atoms with van der Waals surface area (Å²) in [5.74, 6) is -0.223. The third kappa shape index (κ3) is 5.76. The molecule has 188 valence electrons. The molecule has 2 aromatic carbocycles. The Morgan fingerprint density at radius 3 is 2.17 bits per heavy atom. The molecule has 0 aromatic heterocycles. The van der Waals surface area contributed by atoms with Crippen LogP contribution in [0.3, 0.4) is 0 Å². The molecule has 0 radical (unpaired) electrons. The fraction of sp³-hybridized carbons (Fsp3) is 0.440. The fourth-order valence-electron chi connectivity index (χ4n) is 4.36. The largest absolute Gasteiger partial charge is 0.496 e. The number of amides is 2. The Balaban J connectivity index is 1.61. The first kappa shape index (κ1) is 25.0. The summed E-state index contributed by atoms with van der Waals surface area (Å²) >= 11 is 0. The van der Waals surface area contributed by atoms with Gasteiger partial charge in [0.25, 0.3) is 21.8 Å². The van der Waals surface area contributed by atoms with E-state index in [4.69, 9.17) is 9.47 Å². The van der Waals surface area contributed by atoms with Gasteiger partial charge in [0.15, 0.2) is 0 Å². The van der Waals surface area contributed by atoms with E-state index in [0.29, 0.717) is 45.0 Å². The molecular formula is C25H31N3O6S. The lowest BCUT2D eigenvalue weighted by atomic mass is 10.1. The lowest BCUT2D eigenvalue weighted by Crippen LogP contribution is -2.40. The highest BCUT2D eigenvalue weighted by molar-refractivity contribution is 7.92. The number of methoxy groups -OCH3 is 1. The number of hydrogen-bond acceptors (Lipinski definition) is 6. The minimum absolute atomic E-state index is 0.0908. The van der Waals surface area contributed by atoms with Crippen LogP contribution < -0.4 is 9.46 Å². The molecule has 0 unspecified atom stereocenters. The van der Waals surface area contributed by atoms with Crippen LogP contribution in [0.25, 0.3) is 0 Å². The summed E-state index contributed by atoms with van der Waals surface area (Å²) in [6, 6.07) is 10.8. The number of nitrogens with zero attached hydrogens (tertiary/aromatic N) is 2. The zero-order chi connectivity index (χ0) is 24.8. The number of ether oxygens (including phenoxy) is 2. The first-order valence-electron chi connectivity index (χ1n) is 11.9. The van der Waals surface area contributed by atoms with Crippen molar-refractivity contribution in [3.05, 3.63) is 53.6 Å². The molecule has 1 N–H and O–H groups in total. The van der Waals surface area contributed by atoms with Crippen LogP contribution in [-0.4, -0.2) is 76.5 Å². The van der Waals surface area contributed by atoms with Crippen molar-refractivity contribution in [1.29, 1.82) is 0 Å². The molecule has 2 saturated heterocycles. The van der Waals surface area contributed by atoms with Gasteiger partial charge in [-0.1, -0.05) is 25.0 Å². The Bertz CT molecular complexity index is 1170. The highest BCUT2D eigenvalue weighted by Crippen LogP contribution is 2.27. The number of likely N-dealkylation sites (tertiary alicyclic amines) is 1. The van der Waals surface area contributed by atoms with Crippen molar-refractivity contribution in [3.63, 3.8) is 0 Å². The van der Waals surface area contributed by atoms with Crippen LogP contribution in [0.4, 0.5) is 5.69 Å². The highest BCUT2D eigenvalue weighted by Gasteiger charge is 2.26. The summed E-state index contributed by atoms with van der Waals surface area (Å²) in [4.78, 5) is 29.6. The maximum Gasteiger partial charge on any atom is 0.261 e. The first-order chi connectivity index (χ1) is 16.9. The van der Waals surface area contributed by atoms with Crippen molar-refractivity contribution in [2.75, 3.05) is 51.2 Å². The van der Waals surface area contributed by atoms with Gasteiger partial charge in [-0.25, -0.2) is 8.42 Å². The van der Waals surface area contributed by atoms with Gasteiger partial charge in [0, 0.05) is 26.2 Å². The van der Waals surface area contributed by atoms with Gasteiger partial charge in [-0.15, -0.1) is 0 Å². The lowest BCUT2D eigenvalue weighted by Gasteiger charge is -2.27. The zero-order valence-electron chi connectivity index (χ0n) is 19.9. The number of sulfonamides is 1. The lowest BCUT2D eigenvalue weighted by molar-refractivity contribution is 0.0300. The molecule has 0 bridgehead atoms. The van der Waals surface area contributed by atoms with Crippen molar-refractivity contribution in [2.24, 2.45) is 0 Å². The van der Waals surface area contributed by atoms with Gasteiger partial charge in [-0.05, 0) is 43.2 Å². The normalized spacial score (nSPS) is 16.9. The topological polar surface area (TPSA) is 105 Å². The predicted molar refractivity (Wildman–Crippen MR) is 131 cm³/mol. The van der Waals surface area contributed by atoms with Gasteiger partial charge in [-0.2, -0.15) is 0 Å². The zero-order valence-corrected chi connectivity index (χ0v) is 20.7. The van der Waals surface area contributed by atoms with Crippen molar-refractivity contribution >= 4 is 27.5 Å². The Kier molecular flexibility index (Phi) is 7.92. The Hall–Kier alpha value is -3.11. The molecule has 10 heteroatoms. The van der Waals surface area contributed by atoms with Gasteiger partial charge in [0.1, 0.15) is 5.75 Å². The smallest absolute Gasteiger partial charge is 0.261 e. The van der Waals surface area contributed by atoms with Crippen LogP contribution in [0, 0.1) is 0 Å². The third-order valence-electron chi connectivity index (χ3n) is 6.31. The van der Waals surface area contributed by atoms with Crippen molar-refractivity contribution < 1.29 is 27.5 Å². The average molecular weight is 502 g/mol. The molecule has 0 saturated carbocycles. The highest BCUT2D eigenvalue weighted by atomic mass is 32.2. The minimum atomic E-state index is -4.09. The van der Waals surface area contributed by atoms with E-state index < -0.39 is 10.0 Å². The summed E-state index contributed by atoms with van der Waals surface area (Å²) in [5.41, 5.74) is 0.668. The predicted octanol–water partition coefficient (Wildman–Crippen LogP) is 2.98. The van der Waals surface area contributed by atoms with Crippen LogP contribution >= 0.6 is 0 Å². The molecule has 2 aliphatic rings. The molecule has 2 heterocycles. The minimum Gasteiger partial charge on any atom is -0.496 e. The first-order valence-corrected chi connectivity index (χ1v) is 13.4. The second-order valence-corrected chi connectivity index (χ2v) is 10.3. The average Bonchev–Trinajstić information content (AvgIpc) is 3.18. The van der Waals surface area contributed by atoms with E-state index in [0.717, 1.165) is 25.7 Å². The summed E-state index contributed by atoms with van der Waals surface area (Å²) in [6.07, 6.45) is 4.04. The molecule has 2 aromatic rings. The van der Waals surface area contributed by atoms with E-state index >= 15 is 0 Å². The standard InChI is InChI=1S/C25H31N3O6S/c1-33-23-11-10-19(18-21(23)25(30)28-14-16-34-17-15-28)35(31,32)26-22-9-5-4-8-20(22)24(29)27-12-6-2-3-7-13-27/h4-5,8-11,18,26H,2-3,6-7,12-17H2,1H3.